The molecular formula is C15H27F2N. The topological polar surface area (TPSA) is 12.0 Å². The van der Waals surface area contributed by atoms with Gasteiger partial charge in [0.15, 0.2) is 0 Å². The number of rotatable bonds is 6. The van der Waals surface area contributed by atoms with Crippen LogP contribution in [0.1, 0.15) is 64.7 Å². The van der Waals surface area contributed by atoms with Gasteiger partial charge in [-0.15, -0.1) is 0 Å². The molecule has 2 rings (SSSR count). The molecule has 106 valence electrons. The SMILES string of the molecule is CCNC(CCC1CCCC1)C1CCC(F)(F)C1. The lowest BCUT2D eigenvalue weighted by Gasteiger charge is -2.25. The molecule has 18 heavy (non-hydrogen) atoms. The summed E-state index contributed by atoms with van der Waals surface area (Å²) < 4.78 is 26.6. The summed E-state index contributed by atoms with van der Waals surface area (Å²) >= 11 is 0. The van der Waals surface area contributed by atoms with Crippen LogP contribution in [0, 0.1) is 11.8 Å². The molecule has 2 aliphatic carbocycles. The fraction of sp³-hybridized carbons (Fsp3) is 1.00. The zero-order valence-electron chi connectivity index (χ0n) is 11.6. The molecule has 0 spiro atoms. The lowest BCUT2D eigenvalue weighted by atomic mass is 9.90. The molecule has 0 aromatic rings. The van der Waals surface area contributed by atoms with Gasteiger partial charge in [-0.2, -0.15) is 0 Å². The summed E-state index contributed by atoms with van der Waals surface area (Å²) in [6.07, 6.45) is 8.71. The van der Waals surface area contributed by atoms with Crippen molar-refractivity contribution in [3.63, 3.8) is 0 Å². The van der Waals surface area contributed by atoms with Crippen molar-refractivity contribution in [2.75, 3.05) is 6.54 Å². The lowest BCUT2D eigenvalue weighted by Crippen LogP contribution is -2.36. The van der Waals surface area contributed by atoms with Crippen LogP contribution in [0.2, 0.25) is 0 Å². The van der Waals surface area contributed by atoms with Crippen molar-refractivity contribution in [1.82, 2.24) is 5.32 Å². The Bertz CT molecular complexity index is 249. The van der Waals surface area contributed by atoms with Gasteiger partial charge in [-0.3, -0.25) is 0 Å². The molecule has 0 aliphatic heterocycles. The van der Waals surface area contributed by atoms with Crippen molar-refractivity contribution < 1.29 is 8.78 Å². The van der Waals surface area contributed by atoms with Gasteiger partial charge in [0.1, 0.15) is 0 Å². The largest absolute Gasteiger partial charge is 0.314 e. The molecule has 0 bridgehead atoms. The molecule has 0 saturated heterocycles. The van der Waals surface area contributed by atoms with E-state index in [2.05, 4.69) is 12.2 Å². The van der Waals surface area contributed by atoms with E-state index in [1.54, 1.807) is 0 Å². The monoisotopic (exact) mass is 259 g/mol. The molecule has 0 heterocycles. The molecule has 1 nitrogen and oxygen atoms in total. The molecular weight excluding hydrogens is 232 g/mol. The number of nitrogens with one attached hydrogen (secondary N) is 1. The summed E-state index contributed by atoms with van der Waals surface area (Å²) in [7, 11) is 0. The van der Waals surface area contributed by atoms with Gasteiger partial charge in [0.25, 0.3) is 0 Å². The van der Waals surface area contributed by atoms with Crippen LogP contribution in [0.5, 0.6) is 0 Å². The maximum atomic E-state index is 13.3. The molecule has 2 atom stereocenters. The summed E-state index contributed by atoms with van der Waals surface area (Å²) in [5.41, 5.74) is 0. The lowest BCUT2D eigenvalue weighted by molar-refractivity contribution is 0.00307. The average molecular weight is 259 g/mol. The van der Waals surface area contributed by atoms with E-state index >= 15 is 0 Å². The second-order valence-corrected chi connectivity index (χ2v) is 6.25. The molecule has 2 aliphatic rings. The van der Waals surface area contributed by atoms with Crippen LogP contribution >= 0.6 is 0 Å². The van der Waals surface area contributed by atoms with Crippen LogP contribution < -0.4 is 5.32 Å². The average Bonchev–Trinajstić information content (AvgIpc) is 2.93. The van der Waals surface area contributed by atoms with Crippen molar-refractivity contribution in [1.29, 1.82) is 0 Å². The Morgan fingerprint density at radius 2 is 1.94 bits per heavy atom. The minimum absolute atomic E-state index is 0.100. The van der Waals surface area contributed by atoms with Crippen molar-refractivity contribution in [2.24, 2.45) is 11.8 Å². The van der Waals surface area contributed by atoms with Gasteiger partial charge in [-0.05, 0) is 37.6 Å². The second-order valence-electron chi connectivity index (χ2n) is 6.25. The number of halogens is 2. The highest BCUT2D eigenvalue weighted by Gasteiger charge is 2.42. The van der Waals surface area contributed by atoms with E-state index < -0.39 is 5.92 Å². The van der Waals surface area contributed by atoms with Crippen molar-refractivity contribution in [3.8, 4) is 0 Å². The Hall–Kier alpha value is -0.180. The highest BCUT2D eigenvalue weighted by atomic mass is 19.3. The first-order valence-electron chi connectivity index (χ1n) is 7.72. The maximum Gasteiger partial charge on any atom is 0.248 e. The standard InChI is InChI=1S/C15H27F2N/c1-2-18-14(8-7-12-5-3-4-6-12)13-9-10-15(16,17)11-13/h12-14,18H,2-11H2,1H3. The van der Waals surface area contributed by atoms with Crippen LogP contribution in [0.3, 0.4) is 0 Å². The quantitative estimate of drug-likeness (QED) is 0.747. The molecule has 2 fully saturated rings. The van der Waals surface area contributed by atoms with E-state index in [0.29, 0.717) is 12.5 Å². The van der Waals surface area contributed by atoms with Gasteiger partial charge in [-0.1, -0.05) is 32.6 Å². The Kier molecular flexibility index (Phi) is 4.99. The molecule has 2 saturated carbocycles. The van der Waals surface area contributed by atoms with E-state index in [-0.39, 0.29) is 18.8 Å². The first kappa shape index (κ1) is 14.2. The van der Waals surface area contributed by atoms with Crippen molar-refractivity contribution in [3.05, 3.63) is 0 Å². The van der Waals surface area contributed by atoms with Gasteiger partial charge in [-0.25, -0.2) is 8.78 Å². The molecule has 2 unspecified atom stereocenters. The zero-order chi connectivity index (χ0) is 13.0. The number of hydrogen-bond donors (Lipinski definition) is 1. The molecule has 0 amide bonds. The minimum atomic E-state index is -2.40. The third kappa shape index (κ3) is 3.91. The Labute approximate surface area is 110 Å². The second kappa shape index (κ2) is 6.31. The molecule has 0 aromatic heterocycles. The zero-order valence-corrected chi connectivity index (χ0v) is 11.6. The first-order chi connectivity index (χ1) is 8.61. The summed E-state index contributed by atoms with van der Waals surface area (Å²) in [5.74, 6) is -1.33. The molecule has 3 heteroatoms. The Morgan fingerprint density at radius 1 is 1.22 bits per heavy atom. The third-order valence-electron chi connectivity index (χ3n) is 4.84. The van der Waals surface area contributed by atoms with Gasteiger partial charge in [0, 0.05) is 18.9 Å². The van der Waals surface area contributed by atoms with E-state index in [4.69, 9.17) is 0 Å². The Balaban J connectivity index is 1.79. The smallest absolute Gasteiger partial charge is 0.248 e. The van der Waals surface area contributed by atoms with E-state index in [9.17, 15) is 8.78 Å². The maximum absolute atomic E-state index is 13.3. The summed E-state index contributed by atoms with van der Waals surface area (Å²) in [4.78, 5) is 0. The van der Waals surface area contributed by atoms with Crippen LogP contribution in [0.15, 0.2) is 0 Å². The minimum Gasteiger partial charge on any atom is -0.314 e. The highest BCUT2D eigenvalue weighted by molar-refractivity contribution is 4.89. The van der Waals surface area contributed by atoms with E-state index in [1.807, 2.05) is 0 Å². The highest BCUT2D eigenvalue weighted by Crippen LogP contribution is 2.41. The summed E-state index contributed by atoms with van der Waals surface area (Å²) in [6, 6.07) is 0.323. The molecule has 1 N–H and O–H groups in total. The van der Waals surface area contributed by atoms with E-state index in [0.717, 1.165) is 18.9 Å². The van der Waals surface area contributed by atoms with Crippen LogP contribution in [0.25, 0.3) is 0 Å². The third-order valence-corrected chi connectivity index (χ3v) is 4.84. The predicted molar refractivity (Wildman–Crippen MR) is 70.9 cm³/mol. The van der Waals surface area contributed by atoms with E-state index in [1.165, 1.54) is 32.1 Å². The number of hydrogen-bond acceptors (Lipinski definition) is 1. The van der Waals surface area contributed by atoms with Gasteiger partial charge in [0.05, 0.1) is 0 Å². The van der Waals surface area contributed by atoms with Crippen molar-refractivity contribution in [2.45, 2.75) is 76.7 Å². The molecule has 0 radical (unpaired) electrons. The van der Waals surface area contributed by atoms with Crippen LogP contribution in [0.4, 0.5) is 8.78 Å². The summed E-state index contributed by atoms with van der Waals surface area (Å²) in [5, 5.41) is 3.45. The molecule has 0 aromatic carbocycles. The van der Waals surface area contributed by atoms with Crippen molar-refractivity contribution >= 4 is 0 Å². The van der Waals surface area contributed by atoms with Crippen LogP contribution in [-0.2, 0) is 0 Å². The van der Waals surface area contributed by atoms with Gasteiger partial charge in [0.2, 0.25) is 5.92 Å². The first-order valence-corrected chi connectivity index (χ1v) is 7.72. The van der Waals surface area contributed by atoms with Crippen LogP contribution in [-0.4, -0.2) is 18.5 Å². The van der Waals surface area contributed by atoms with Gasteiger partial charge < -0.3 is 5.32 Å². The van der Waals surface area contributed by atoms with Gasteiger partial charge >= 0.3 is 0 Å². The normalized spacial score (nSPS) is 29.8. The fourth-order valence-corrected chi connectivity index (χ4v) is 3.81. The number of alkyl halides is 2. The Morgan fingerprint density at radius 3 is 2.50 bits per heavy atom. The summed E-state index contributed by atoms with van der Waals surface area (Å²) in [6.45, 7) is 2.98. The fourth-order valence-electron chi connectivity index (χ4n) is 3.81. The predicted octanol–water partition coefficient (Wildman–Crippen LogP) is 4.37.